The average Bonchev–Trinajstić information content (AvgIpc) is 3.22. The van der Waals surface area contributed by atoms with Crippen molar-refractivity contribution in [2.24, 2.45) is 0 Å². The molecule has 0 aliphatic heterocycles. The summed E-state index contributed by atoms with van der Waals surface area (Å²) in [5.41, 5.74) is 2.49. The van der Waals surface area contributed by atoms with Crippen molar-refractivity contribution in [1.29, 1.82) is 0 Å². The topological polar surface area (TPSA) is 78.5 Å². The monoisotopic (exact) mass is 296 g/mol. The van der Waals surface area contributed by atoms with Crippen molar-refractivity contribution in [3.63, 3.8) is 0 Å². The number of benzene rings is 1. The Kier molecular flexibility index (Phi) is 4.04. The van der Waals surface area contributed by atoms with E-state index in [0.29, 0.717) is 0 Å². The second-order valence-electron chi connectivity index (χ2n) is 4.90. The summed E-state index contributed by atoms with van der Waals surface area (Å²) in [5.74, 6) is 0. The van der Waals surface area contributed by atoms with Crippen molar-refractivity contribution < 1.29 is 4.79 Å². The Morgan fingerprint density at radius 1 is 1.18 bits per heavy atom. The lowest BCUT2D eigenvalue weighted by atomic mass is 10.1. The highest BCUT2D eigenvalue weighted by Crippen LogP contribution is 2.22. The number of unbranched alkanes of at least 4 members (excludes halogenated alkanes) is 1. The fourth-order valence-electron chi connectivity index (χ4n) is 2.25. The second kappa shape index (κ2) is 6.30. The van der Waals surface area contributed by atoms with Gasteiger partial charge in [-0.15, -0.1) is 10.2 Å². The second-order valence-corrected chi connectivity index (χ2v) is 4.90. The van der Waals surface area contributed by atoms with Crippen molar-refractivity contribution in [3.8, 4) is 11.3 Å². The van der Waals surface area contributed by atoms with Crippen LogP contribution < -0.4 is 0 Å². The molecule has 0 amide bonds. The zero-order valence-corrected chi connectivity index (χ0v) is 12.3. The summed E-state index contributed by atoms with van der Waals surface area (Å²) in [6.07, 6.45) is 5.66. The number of nitrogens with zero attached hydrogens (tertiary/aromatic N) is 6. The third kappa shape index (κ3) is 2.65. The van der Waals surface area contributed by atoms with Crippen LogP contribution in [-0.2, 0) is 6.42 Å². The van der Waals surface area contributed by atoms with Gasteiger partial charge in [0, 0.05) is 5.56 Å². The Bertz CT molecular complexity index is 748. The molecule has 1 aromatic carbocycles. The predicted molar refractivity (Wildman–Crippen MR) is 80.3 cm³/mol. The predicted octanol–water partition coefficient (Wildman–Crippen LogP) is 2.40. The van der Waals surface area contributed by atoms with Gasteiger partial charge in [-0.2, -0.15) is 9.36 Å². The largest absolute Gasteiger partial charge is 0.372 e. The molecule has 7 nitrogen and oxygen atoms in total. The van der Waals surface area contributed by atoms with Crippen molar-refractivity contribution in [3.05, 3.63) is 48.4 Å². The van der Waals surface area contributed by atoms with Crippen LogP contribution in [0.4, 0.5) is 4.79 Å². The first-order chi connectivity index (χ1) is 10.8. The molecular formula is C15H16N6O. The molecule has 0 unspecified atom stereocenters. The molecule has 7 heteroatoms. The van der Waals surface area contributed by atoms with E-state index in [0.717, 1.165) is 40.9 Å². The molecule has 3 aromatic rings. The third-order valence-corrected chi connectivity index (χ3v) is 3.38. The smallest absolute Gasteiger partial charge is 0.243 e. The summed E-state index contributed by atoms with van der Waals surface area (Å²) in [6, 6.07) is 9.38. The van der Waals surface area contributed by atoms with Gasteiger partial charge in [-0.3, -0.25) is 0 Å². The molecule has 0 fully saturated rings. The summed E-state index contributed by atoms with van der Waals surface area (Å²) in [5, 5.41) is 15.6. The van der Waals surface area contributed by atoms with Crippen LogP contribution in [0.15, 0.2) is 42.7 Å². The van der Waals surface area contributed by atoms with E-state index in [-0.39, 0.29) is 6.03 Å². The molecule has 0 saturated carbocycles. The molecule has 2 heterocycles. The third-order valence-electron chi connectivity index (χ3n) is 3.38. The first kappa shape index (κ1) is 14.1. The van der Waals surface area contributed by atoms with Crippen LogP contribution in [0.25, 0.3) is 11.3 Å². The first-order valence-corrected chi connectivity index (χ1v) is 7.22. The molecule has 0 atom stereocenters. The molecule has 0 spiro atoms. The molecule has 3 rings (SSSR count). The van der Waals surface area contributed by atoms with Crippen molar-refractivity contribution >= 4 is 6.03 Å². The van der Waals surface area contributed by atoms with Gasteiger partial charge in [-0.05, 0) is 12.8 Å². The highest BCUT2D eigenvalue weighted by Gasteiger charge is 2.20. The first-order valence-electron chi connectivity index (χ1n) is 7.22. The maximum Gasteiger partial charge on any atom is 0.372 e. The summed E-state index contributed by atoms with van der Waals surface area (Å²) in [7, 11) is 0. The van der Waals surface area contributed by atoms with E-state index in [2.05, 4.69) is 27.5 Å². The summed E-state index contributed by atoms with van der Waals surface area (Å²) < 4.78 is 2.46. The molecule has 2 aromatic heterocycles. The van der Waals surface area contributed by atoms with Crippen molar-refractivity contribution in [2.75, 3.05) is 0 Å². The molecule has 0 saturated heterocycles. The summed E-state index contributed by atoms with van der Waals surface area (Å²) >= 11 is 0. The Hall–Kier alpha value is -2.83. The normalized spacial score (nSPS) is 10.8. The van der Waals surface area contributed by atoms with E-state index in [1.165, 1.54) is 17.1 Å². The molecule has 112 valence electrons. The maximum atomic E-state index is 12.5. The SMILES string of the molecule is CCCCc1c(-c2ccccc2)nnn1C(=O)n1ccnn1. The van der Waals surface area contributed by atoms with Gasteiger partial charge in [-0.1, -0.05) is 54.1 Å². The molecule has 0 bridgehead atoms. The highest BCUT2D eigenvalue weighted by atomic mass is 16.2. The van der Waals surface area contributed by atoms with Gasteiger partial charge in [0.2, 0.25) is 0 Å². The fraction of sp³-hybridized carbons (Fsp3) is 0.267. The Labute approximate surface area is 127 Å². The molecule has 0 aliphatic carbocycles. The Morgan fingerprint density at radius 3 is 2.68 bits per heavy atom. The lowest BCUT2D eigenvalue weighted by Crippen LogP contribution is -2.23. The van der Waals surface area contributed by atoms with Gasteiger partial charge in [0.1, 0.15) is 5.69 Å². The quantitative estimate of drug-likeness (QED) is 0.738. The minimum atomic E-state index is -0.377. The van der Waals surface area contributed by atoms with E-state index in [1.807, 2.05) is 30.3 Å². The Balaban J connectivity index is 2.03. The van der Waals surface area contributed by atoms with Crippen molar-refractivity contribution in [1.82, 2.24) is 30.0 Å². The van der Waals surface area contributed by atoms with Crippen LogP contribution in [0.2, 0.25) is 0 Å². The van der Waals surface area contributed by atoms with Gasteiger partial charge in [0.05, 0.1) is 18.1 Å². The highest BCUT2D eigenvalue weighted by molar-refractivity contribution is 5.79. The molecule has 22 heavy (non-hydrogen) atoms. The lowest BCUT2D eigenvalue weighted by Gasteiger charge is -2.06. The van der Waals surface area contributed by atoms with E-state index in [1.54, 1.807) is 0 Å². The average molecular weight is 296 g/mol. The van der Waals surface area contributed by atoms with E-state index < -0.39 is 0 Å². The van der Waals surface area contributed by atoms with Gasteiger partial charge in [-0.25, -0.2) is 4.79 Å². The number of carbonyl (C=O) groups is 1. The molecular weight excluding hydrogens is 280 g/mol. The molecule has 0 aliphatic rings. The molecule has 0 N–H and O–H groups in total. The maximum absolute atomic E-state index is 12.5. The summed E-state index contributed by atoms with van der Waals surface area (Å²) in [6.45, 7) is 2.11. The van der Waals surface area contributed by atoms with Crippen LogP contribution in [0.1, 0.15) is 25.5 Å². The fourth-order valence-corrected chi connectivity index (χ4v) is 2.25. The van der Waals surface area contributed by atoms with E-state index in [4.69, 9.17) is 0 Å². The summed E-state index contributed by atoms with van der Waals surface area (Å²) in [4.78, 5) is 12.5. The number of aromatic nitrogens is 6. The van der Waals surface area contributed by atoms with Gasteiger partial charge >= 0.3 is 6.03 Å². The van der Waals surface area contributed by atoms with Gasteiger partial charge in [0.15, 0.2) is 0 Å². The number of hydrogen-bond acceptors (Lipinski definition) is 5. The zero-order chi connectivity index (χ0) is 15.4. The number of hydrogen-bond donors (Lipinski definition) is 0. The number of carbonyl (C=O) groups excluding carboxylic acids is 1. The van der Waals surface area contributed by atoms with Crippen LogP contribution >= 0.6 is 0 Å². The standard InChI is InChI=1S/C15H16N6O/c1-2-3-9-13-14(12-7-5-4-6-8-12)17-19-21(13)15(22)20-11-10-16-18-20/h4-8,10-11H,2-3,9H2,1H3. The van der Waals surface area contributed by atoms with Crippen LogP contribution in [-0.4, -0.2) is 36.0 Å². The van der Waals surface area contributed by atoms with Crippen LogP contribution in [0.3, 0.4) is 0 Å². The van der Waals surface area contributed by atoms with E-state index in [9.17, 15) is 4.79 Å². The van der Waals surface area contributed by atoms with Gasteiger partial charge < -0.3 is 0 Å². The van der Waals surface area contributed by atoms with Crippen LogP contribution in [0.5, 0.6) is 0 Å². The van der Waals surface area contributed by atoms with E-state index >= 15 is 0 Å². The minimum absolute atomic E-state index is 0.377. The number of rotatable bonds is 4. The van der Waals surface area contributed by atoms with Gasteiger partial charge in [0.25, 0.3) is 0 Å². The minimum Gasteiger partial charge on any atom is -0.243 e. The molecule has 0 radical (unpaired) electrons. The van der Waals surface area contributed by atoms with Crippen LogP contribution in [0, 0.1) is 0 Å². The van der Waals surface area contributed by atoms with Crippen molar-refractivity contribution in [2.45, 2.75) is 26.2 Å². The Morgan fingerprint density at radius 2 is 2.00 bits per heavy atom. The lowest BCUT2D eigenvalue weighted by molar-refractivity contribution is 0.236. The zero-order valence-electron chi connectivity index (χ0n) is 12.3.